The first kappa shape index (κ1) is 30.3. The highest BCUT2D eigenvalue weighted by atomic mass is 79.9. The highest BCUT2D eigenvalue weighted by Gasteiger charge is 2.68. The molecule has 240 valence electrons. The highest BCUT2D eigenvalue weighted by Crippen LogP contribution is 2.64. The molecule has 8 nitrogen and oxygen atoms in total. The van der Waals surface area contributed by atoms with Gasteiger partial charge in [0.05, 0.1) is 34.5 Å². The monoisotopic (exact) mass is 701 g/mol. The number of para-hydroxylation sites is 2. The molecule has 0 unspecified atom stereocenters. The third-order valence-corrected chi connectivity index (χ3v) is 11.3. The first-order valence-electron chi connectivity index (χ1n) is 16.1. The number of nitrogens with one attached hydrogen (secondary N) is 1. The highest BCUT2D eigenvalue weighted by molar-refractivity contribution is 9.10. The Labute approximate surface area is 286 Å². The maximum atomic E-state index is 14.5. The Morgan fingerprint density at radius 3 is 2.10 bits per heavy atom. The minimum atomic E-state index is -1.23. The van der Waals surface area contributed by atoms with Crippen molar-refractivity contribution in [3.8, 4) is 5.75 Å². The molecule has 4 amide bonds. The molecule has 0 radical (unpaired) electrons. The van der Waals surface area contributed by atoms with Gasteiger partial charge in [-0.1, -0.05) is 64.0 Å². The number of nitrogens with zero attached hydrogens (tertiary/aromatic N) is 2. The van der Waals surface area contributed by atoms with E-state index in [-0.39, 0.29) is 35.8 Å². The summed E-state index contributed by atoms with van der Waals surface area (Å²) in [6, 6.07) is 30.9. The minimum absolute atomic E-state index is 0.00455. The molecule has 2 aliphatic carbocycles. The first-order chi connectivity index (χ1) is 23.2. The summed E-state index contributed by atoms with van der Waals surface area (Å²) in [6.07, 6.45) is 2.56. The fraction of sp³-hybridized carbons (Fsp3) is 0.231. The molecule has 0 bridgehead atoms. The van der Waals surface area contributed by atoms with Crippen molar-refractivity contribution in [3.05, 3.63) is 125 Å². The van der Waals surface area contributed by atoms with Gasteiger partial charge in [-0.25, -0.2) is 4.90 Å². The summed E-state index contributed by atoms with van der Waals surface area (Å²) in [5.41, 5.74) is 2.82. The molecule has 4 aromatic carbocycles. The van der Waals surface area contributed by atoms with Gasteiger partial charge >= 0.3 is 0 Å². The van der Waals surface area contributed by atoms with Crippen LogP contribution < -0.4 is 15.1 Å². The number of hydrogen-bond acceptors (Lipinski definition) is 6. The lowest BCUT2D eigenvalue weighted by molar-refractivity contribution is -0.131. The van der Waals surface area contributed by atoms with Gasteiger partial charge in [-0.05, 0) is 92.4 Å². The number of imide groups is 2. The van der Waals surface area contributed by atoms with Crippen LogP contribution in [0.3, 0.4) is 0 Å². The molecule has 48 heavy (non-hydrogen) atoms. The number of fused-ring (bicyclic) bond motifs is 4. The predicted molar refractivity (Wildman–Crippen MR) is 186 cm³/mol. The van der Waals surface area contributed by atoms with Crippen molar-refractivity contribution in [3.63, 3.8) is 0 Å². The maximum Gasteiger partial charge on any atom is 0.241 e. The Morgan fingerprint density at radius 1 is 0.750 bits per heavy atom. The molecular formula is C39H32BrN3O5. The number of benzene rings is 4. The van der Waals surface area contributed by atoms with E-state index in [9.17, 15) is 24.3 Å². The van der Waals surface area contributed by atoms with Crippen molar-refractivity contribution >= 4 is 62.3 Å². The van der Waals surface area contributed by atoms with Crippen LogP contribution in [-0.2, 0) is 19.2 Å². The number of phenolic OH excluding ortho intramolecular Hbond substituents is 1. The molecule has 2 saturated heterocycles. The molecule has 2 aliphatic heterocycles. The lowest BCUT2D eigenvalue weighted by atomic mass is 9.51. The summed E-state index contributed by atoms with van der Waals surface area (Å²) >= 11 is 3.53. The average molecular weight is 703 g/mol. The van der Waals surface area contributed by atoms with E-state index in [4.69, 9.17) is 0 Å². The van der Waals surface area contributed by atoms with Crippen molar-refractivity contribution in [1.29, 1.82) is 0 Å². The molecule has 2 heterocycles. The summed E-state index contributed by atoms with van der Waals surface area (Å²) in [6.45, 7) is 1.81. The predicted octanol–water partition coefficient (Wildman–Crippen LogP) is 7.33. The van der Waals surface area contributed by atoms with Crippen LogP contribution in [0.2, 0.25) is 0 Å². The average Bonchev–Trinajstić information content (AvgIpc) is 3.46. The number of phenols is 1. The quantitative estimate of drug-likeness (QED) is 0.167. The van der Waals surface area contributed by atoms with Crippen LogP contribution in [0.1, 0.15) is 31.2 Å². The molecule has 2 N–H and O–H groups in total. The topological polar surface area (TPSA) is 107 Å². The number of allylic oxidation sites excluding steroid dienone is 2. The first-order valence-corrected chi connectivity index (χ1v) is 16.9. The van der Waals surface area contributed by atoms with Crippen LogP contribution in [-0.4, -0.2) is 28.7 Å². The van der Waals surface area contributed by atoms with Crippen LogP contribution >= 0.6 is 15.9 Å². The molecule has 0 spiro atoms. The number of carbonyl (C=O) groups excluding carboxylic acids is 4. The number of halogens is 1. The van der Waals surface area contributed by atoms with Gasteiger partial charge in [0.15, 0.2) is 0 Å². The molecule has 3 fully saturated rings. The van der Waals surface area contributed by atoms with Gasteiger partial charge in [0.25, 0.3) is 0 Å². The van der Waals surface area contributed by atoms with Crippen LogP contribution in [0.15, 0.2) is 119 Å². The zero-order valence-electron chi connectivity index (χ0n) is 26.0. The Hall–Kier alpha value is -5.02. The summed E-state index contributed by atoms with van der Waals surface area (Å²) in [7, 11) is 0. The molecule has 6 atom stereocenters. The molecule has 4 aliphatic rings. The van der Waals surface area contributed by atoms with E-state index in [1.54, 1.807) is 54.6 Å². The number of hydrogen-bond donors (Lipinski definition) is 2. The SMILES string of the molecule is C[C@@]12C(=O)N(c3ccccc3)C(=O)[C@@H]1C[C@@H]1C(=CC[C@@H]3C(=O)N(c4ccc(Nc5ccccc5)cc4)C(=O)[C@@H]31)[C@@H]2c1cc(Br)ccc1O. The molecule has 0 aromatic heterocycles. The van der Waals surface area contributed by atoms with Crippen LogP contribution in [0, 0.1) is 29.1 Å². The number of amides is 4. The van der Waals surface area contributed by atoms with E-state index in [2.05, 4.69) is 21.2 Å². The second-order valence-electron chi connectivity index (χ2n) is 13.2. The van der Waals surface area contributed by atoms with Gasteiger partial charge in [0.1, 0.15) is 5.75 Å². The van der Waals surface area contributed by atoms with E-state index in [0.29, 0.717) is 27.8 Å². The second kappa shape index (κ2) is 11.3. The maximum absolute atomic E-state index is 14.5. The van der Waals surface area contributed by atoms with Crippen LogP contribution in [0.25, 0.3) is 0 Å². The fourth-order valence-electron chi connectivity index (χ4n) is 8.58. The van der Waals surface area contributed by atoms with Crippen molar-refractivity contribution in [2.24, 2.45) is 29.1 Å². The zero-order chi connectivity index (χ0) is 33.3. The van der Waals surface area contributed by atoms with E-state index >= 15 is 0 Å². The normalized spacial score (nSPS) is 27.8. The third kappa shape index (κ3) is 4.48. The van der Waals surface area contributed by atoms with Gasteiger partial charge in [-0.2, -0.15) is 0 Å². The van der Waals surface area contributed by atoms with Gasteiger partial charge in [0.2, 0.25) is 23.6 Å². The van der Waals surface area contributed by atoms with E-state index in [1.807, 2.05) is 61.5 Å². The Balaban J connectivity index is 1.18. The van der Waals surface area contributed by atoms with E-state index in [0.717, 1.165) is 16.9 Å². The van der Waals surface area contributed by atoms with Crippen molar-refractivity contribution in [2.75, 3.05) is 15.1 Å². The molecule has 4 aromatic rings. The third-order valence-electron chi connectivity index (χ3n) is 10.8. The van der Waals surface area contributed by atoms with Crippen LogP contribution in [0.4, 0.5) is 22.7 Å². The molecule has 8 rings (SSSR count). The smallest absolute Gasteiger partial charge is 0.241 e. The molecular weight excluding hydrogens is 670 g/mol. The number of carbonyl (C=O) groups is 4. The summed E-state index contributed by atoms with van der Waals surface area (Å²) in [5, 5.41) is 14.6. The second-order valence-corrected chi connectivity index (χ2v) is 14.2. The van der Waals surface area contributed by atoms with Crippen molar-refractivity contribution in [2.45, 2.75) is 25.7 Å². The van der Waals surface area contributed by atoms with Crippen LogP contribution in [0.5, 0.6) is 5.75 Å². The number of rotatable bonds is 5. The van der Waals surface area contributed by atoms with E-state index < -0.39 is 35.0 Å². The van der Waals surface area contributed by atoms with Gasteiger partial charge in [-0.3, -0.25) is 24.1 Å². The van der Waals surface area contributed by atoms with Gasteiger partial charge in [-0.15, -0.1) is 0 Å². The van der Waals surface area contributed by atoms with E-state index in [1.165, 1.54) is 9.80 Å². The lowest BCUT2D eigenvalue weighted by Crippen LogP contribution is -2.48. The van der Waals surface area contributed by atoms with Crippen molar-refractivity contribution in [1.82, 2.24) is 0 Å². The summed E-state index contributed by atoms with van der Waals surface area (Å²) in [5.74, 6) is -4.45. The Bertz CT molecular complexity index is 2010. The number of anilines is 4. The zero-order valence-corrected chi connectivity index (χ0v) is 27.6. The number of aromatic hydroxyl groups is 1. The Morgan fingerprint density at radius 2 is 1.40 bits per heavy atom. The molecule has 9 heteroatoms. The van der Waals surface area contributed by atoms with Crippen molar-refractivity contribution < 1.29 is 24.3 Å². The lowest BCUT2D eigenvalue weighted by Gasteiger charge is -2.49. The van der Waals surface area contributed by atoms with Gasteiger partial charge in [0, 0.05) is 27.3 Å². The summed E-state index contributed by atoms with van der Waals surface area (Å²) < 4.78 is 0.715. The largest absolute Gasteiger partial charge is 0.508 e. The fourth-order valence-corrected chi connectivity index (χ4v) is 8.95. The minimum Gasteiger partial charge on any atom is -0.508 e. The Kier molecular flexibility index (Phi) is 7.14. The standard InChI is InChI=1S/C39H32BrN3O5/c1-39-31(36(46)43(38(39)48)25-10-6-3-7-11-25)21-29-27(34(39)30-20-22(40)12-19-32(30)44)17-18-28-33(29)37(47)42(35(28)45)26-15-13-24(14-16-26)41-23-8-4-2-5-9-23/h2-17,19-20,28-29,31,33-34,41,44H,18,21H2,1H3/t28-,29+,31-,33-,34+,39+/m0/s1. The molecule has 1 saturated carbocycles. The summed E-state index contributed by atoms with van der Waals surface area (Å²) in [4.78, 5) is 59.7. The van der Waals surface area contributed by atoms with Gasteiger partial charge < -0.3 is 10.4 Å².